The molecule has 0 atom stereocenters. The average Bonchev–Trinajstić information content (AvgIpc) is 2.64. The molecular formula is C21H19FN4O. The molecule has 136 valence electrons. The molecular weight excluding hydrogens is 343 g/mol. The van der Waals surface area contributed by atoms with E-state index in [2.05, 4.69) is 10.3 Å². The van der Waals surface area contributed by atoms with Crippen molar-refractivity contribution < 1.29 is 9.18 Å². The first-order chi connectivity index (χ1) is 12.9. The molecule has 3 rings (SSSR count). The molecule has 6 heteroatoms. The number of amides is 1. The number of carbonyl (C=O) groups is 1. The van der Waals surface area contributed by atoms with E-state index in [1.807, 2.05) is 12.1 Å². The van der Waals surface area contributed by atoms with Crippen LogP contribution in [0.2, 0.25) is 0 Å². The number of hydrogen-bond acceptors (Lipinski definition) is 4. The van der Waals surface area contributed by atoms with Crippen molar-refractivity contribution in [3.63, 3.8) is 0 Å². The van der Waals surface area contributed by atoms with Gasteiger partial charge in [0.1, 0.15) is 5.82 Å². The van der Waals surface area contributed by atoms with Crippen molar-refractivity contribution in [3.05, 3.63) is 65.6 Å². The van der Waals surface area contributed by atoms with Crippen LogP contribution in [-0.4, -0.2) is 17.1 Å². The zero-order valence-electron chi connectivity index (χ0n) is 15.0. The Morgan fingerprint density at radius 1 is 1.19 bits per heavy atom. The number of halogens is 1. The van der Waals surface area contributed by atoms with Crippen molar-refractivity contribution in [2.24, 2.45) is 0 Å². The van der Waals surface area contributed by atoms with Gasteiger partial charge in [0.25, 0.3) is 0 Å². The molecule has 27 heavy (non-hydrogen) atoms. The maximum absolute atomic E-state index is 13.7. The van der Waals surface area contributed by atoms with Crippen LogP contribution in [0.15, 0.2) is 48.7 Å². The molecule has 0 unspecified atom stereocenters. The van der Waals surface area contributed by atoms with Gasteiger partial charge in [0.05, 0.1) is 17.6 Å². The van der Waals surface area contributed by atoms with Crippen LogP contribution in [0.5, 0.6) is 0 Å². The quantitative estimate of drug-likeness (QED) is 0.474. The molecule has 0 aliphatic rings. The van der Waals surface area contributed by atoms with E-state index in [1.54, 1.807) is 37.4 Å². The van der Waals surface area contributed by atoms with E-state index in [-0.39, 0.29) is 11.7 Å². The number of hydrogen-bond donors (Lipinski definition) is 3. The van der Waals surface area contributed by atoms with Gasteiger partial charge in [-0.15, -0.1) is 0 Å². The van der Waals surface area contributed by atoms with Gasteiger partial charge < -0.3 is 16.5 Å². The minimum atomic E-state index is -0.284. The van der Waals surface area contributed by atoms with Crippen LogP contribution in [0, 0.1) is 18.2 Å². The van der Waals surface area contributed by atoms with Gasteiger partial charge in [0.2, 0.25) is 5.91 Å². The van der Waals surface area contributed by atoms with E-state index in [9.17, 15) is 9.18 Å². The molecule has 2 aromatic carbocycles. The Bertz CT molecular complexity index is 1050. The lowest BCUT2D eigenvalue weighted by molar-refractivity contribution is -0.114. The van der Waals surface area contributed by atoms with Gasteiger partial charge in [-0.2, -0.15) is 0 Å². The molecule has 1 amide bonds. The summed E-state index contributed by atoms with van der Waals surface area (Å²) < 4.78 is 13.7. The molecule has 0 saturated heterocycles. The number of nitrogens with two attached hydrogens (primary N) is 1. The molecule has 1 aromatic heterocycles. The van der Waals surface area contributed by atoms with Crippen LogP contribution >= 0.6 is 0 Å². The van der Waals surface area contributed by atoms with Crippen LogP contribution in [0.1, 0.15) is 18.1 Å². The number of aromatic nitrogens is 1. The third kappa shape index (κ3) is 3.84. The Kier molecular flexibility index (Phi) is 4.98. The van der Waals surface area contributed by atoms with Crippen molar-refractivity contribution in [1.29, 1.82) is 5.41 Å². The molecule has 0 radical (unpaired) electrons. The van der Waals surface area contributed by atoms with Crippen molar-refractivity contribution in [2.75, 3.05) is 11.1 Å². The Morgan fingerprint density at radius 2 is 1.93 bits per heavy atom. The fraction of sp³-hybridized carbons (Fsp3) is 0.0952. The lowest BCUT2D eigenvalue weighted by Gasteiger charge is -2.14. The summed E-state index contributed by atoms with van der Waals surface area (Å²) in [4.78, 5) is 15.9. The van der Waals surface area contributed by atoms with Crippen LogP contribution in [0.25, 0.3) is 22.4 Å². The van der Waals surface area contributed by atoms with Crippen LogP contribution in [0.3, 0.4) is 0 Å². The zero-order valence-corrected chi connectivity index (χ0v) is 15.0. The SMILES string of the molecule is CC(=O)Nc1cnc(-c2ccc(F)c(C)c2)c(-c2ccc(N)c(C=N)c2)c1. The molecule has 0 aliphatic heterocycles. The highest BCUT2D eigenvalue weighted by Crippen LogP contribution is 2.34. The summed E-state index contributed by atoms with van der Waals surface area (Å²) in [6.45, 7) is 3.12. The minimum absolute atomic E-state index is 0.203. The van der Waals surface area contributed by atoms with E-state index in [0.29, 0.717) is 28.2 Å². The van der Waals surface area contributed by atoms with Gasteiger partial charge in [-0.05, 0) is 54.4 Å². The third-order valence-electron chi connectivity index (χ3n) is 4.19. The smallest absolute Gasteiger partial charge is 0.221 e. The highest BCUT2D eigenvalue weighted by molar-refractivity contribution is 5.93. The van der Waals surface area contributed by atoms with Gasteiger partial charge in [-0.1, -0.05) is 6.07 Å². The fourth-order valence-electron chi connectivity index (χ4n) is 2.85. The number of nitrogens with one attached hydrogen (secondary N) is 2. The second kappa shape index (κ2) is 7.37. The minimum Gasteiger partial charge on any atom is -0.398 e. The first kappa shape index (κ1) is 18.3. The molecule has 5 nitrogen and oxygen atoms in total. The van der Waals surface area contributed by atoms with Crippen molar-refractivity contribution in [2.45, 2.75) is 13.8 Å². The lowest BCUT2D eigenvalue weighted by Crippen LogP contribution is -2.06. The van der Waals surface area contributed by atoms with Crippen molar-refractivity contribution in [1.82, 2.24) is 4.98 Å². The van der Waals surface area contributed by atoms with Crippen LogP contribution in [-0.2, 0) is 4.79 Å². The van der Waals surface area contributed by atoms with Crippen LogP contribution in [0.4, 0.5) is 15.8 Å². The maximum atomic E-state index is 13.7. The largest absolute Gasteiger partial charge is 0.398 e. The van der Waals surface area contributed by atoms with Gasteiger partial charge in [0.15, 0.2) is 0 Å². The number of pyridine rings is 1. The summed E-state index contributed by atoms with van der Waals surface area (Å²) in [7, 11) is 0. The number of anilines is 2. The number of benzene rings is 2. The number of nitrogen functional groups attached to an aromatic ring is 1. The Morgan fingerprint density at radius 3 is 2.59 bits per heavy atom. The fourth-order valence-corrected chi connectivity index (χ4v) is 2.85. The summed E-state index contributed by atoms with van der Waals surface area (Å²) in [6.07, 6.45) is 2.75. The molecule has 3 aromatic rings. The predicted molar refractivity (Wildman–Crippen MR) is 106 cm³/mol. The molecule has 0 aliphatic carbocycles. The first-order valence-electron chi connectivity index (χ1n) is 8.33. The molecule has 1 heterocycles. The second-order valence-electron chi connectivity index (χ2n) is 6.25. The van der Waals surface area contributed by atoms with Crippen molar-refractivity contribution >= 4 is 23.5 Å². The number of rotatable bonds is 4. The lowest BCUT2D eigenvalue weighted by atomic mass is 9.96. The normalized spacial score (nSPS) is 10.5. The van der Waals surface area contributed by atoms with Gasteiger partial charge in [0, 0.05) is 35.5 Å². The monoisotopic (exact) mass is 362 g/mol. The predicted octanol–water partition coefficient (Wildman–Crippen LogP) is 4.40. The van der Waals surface area contributed by atoms with E-state index in [1.165, 1.54) is 19.2 Å². The van der Waals surface area contributed by atoms with E-state index < -0.39 is 0 Å². The van der Waals surface area contributed by atoms with Crippen molar-refractivity contribution in [3.8, 4) is 22.4 Å². The molecule has 0 saturated carbocycles. The Balaban J connectivity index is 2.22. The third-order valence-corrected chi connectivity index (χ3v) is 4.19. The summed E-state index contributed by atoms with van der Waals surface area (Å²) in [6, 6.07) is 12.0. The van der Waals surface area contributed by atoms with Crippen LogP contribution < -0.4 is 11.1 Å². The van der Waals surface area contributed by atoms with Gasteiger partial charge >= 0.3 is 0 Å². The van der Waals surface area contributed by atoms with E-state index in [0.717, 1.165) is 16.7 Å². The first-order valence-corrected chi connectivity index (χ1v) is 8.33. The summed E-state index contributed by atoms with van der Waals surface area (Å²) >= 11 is 0. The average molecular weight is 362 g/mol. The molecule has 0 bridgehead atoms. The van der Waals surface area contributed by atoms with E-state index in [4.69, 9.17) is 11.1 Å². The highest BCUT2D eigenvalue weighted by atomic mass is 19.1. The maximum Gasteiger partial charge on any atom is 0.221 e. The summed E-state index contributed by atoms with van der Waals surface area (Å²) in [5.41, 5.74) is 11.0. The highest BCUT2D eigenvalue weighted by Gasteiger charge is 2.13. The van der Waals surface area contributed by atoms with Gasteiger partial charge in [-0.3, -0.25) is 9.78 Å². The summed E-state index contributed by atoms with van der Waals surface area (Å²) in [5.74, 6) is -0.487. The van der Waals surface area contributed by atoms with Gasteiger partial charge in [-0.25, -0.2) is 4.39 Å². The topological polar surface area (TPSA) is 91.9 Å². The Labute approximate surface area is 156 Å². The summed E-state index contributed by atoms with van der Waals surface area (Å²) in [5, 5.41) is 10.3. The standard InChI is InChI=1S/C21H19FN4O/c1-12-7-15(3-5-19(12)22)21-18(9-17(11-25-21)26-13(2)27)14-4-6-20(24)16(8-14)10-23/h3-11,23H,24H2,1-2H3,(H,26,27). The molecule has 4 N–H and O–H groups in total. The molecule has 0 spiro atoms. The number of aryl methyl sites for hydroxylation is 1. The second-order valence-corrected chi connectivity index (χ2v) is 6.25. The number of carbonyl (C=O) groups excluding carboxylic acids is 1. The van der Waals surface area contributed by atoms with E-state index >= 15 is 0 Å². The molecule has 0 fully saturated rings. The Hall–Kier alpha value is -3.54. The zero-order chi connectivity index (χ0) is 19.6. The number of nitrogens with zero attached hydrogens (tertiary/aromatic N) is 1.